The molecule has 2 heterocycles. The monoisotopic (exact) mass is 435 g/mol. The predicted octanol–water partition coefficient (Wildman–Crippen LogP) is 4.33. The highest BCUT2D eigenvalue weighted by molar-refractivity contribution is 5.64. The average molecular weight is 435 g/mol. The van der Waals surface area contributed by atoms with Crippen LogP contribution in [0.5, 0.6) is 11.8 Å². The summed E-state index contributed by atoms with van der Waals surface area (Å²) in [6.07, 6.45) is -3.70. The van der Waals surface area contributed by atoms with Crippen LogP contribution < -0.4 is 9.47 Å². The van der Waals surface area contributed by atoms with E-state index in [0.717, 1.165) is 16.7 Å². The second kappa shape index (κ2) is 8.26. The molecule has 0 aliphatic carbocycles. The lowest BCUT2D eigenvalue weighted by Crippen LogP contribution is -2.32. The van der Waals surface area contributed by atoms with Crippen LogP contribution in [0.2, 0.25) is 0 Å². The third-order valence-electron chi connectivity index (χ3n) is 4.57. The molecule has 3 aromatic rings. The zero-order chi connectivity index (χ0) is 22.0. The Balaban J connectivity index is 1.33. The minimum Gasteiger partial charge on any atom is -0.443 e. The third kappa shape index (κ3) is 5.12. The second-order valence-corrected chi connectivity index (χ2v) is 6.80. The van der Waals surface area contributed by atoms with Gasteiger partial charge in [0.2, 0.25) is 0 Å². The summed E-state index contributed by atoms with van der Waals surface area (Å²) in [6.45, 7) is 0.929. The summed E-state index contributed by atoms with van der Waals surface area (Å²) in [5.74, 6) is -0.549. The number of ether oxygens (including phenoxy) is 3. The molecule has 162 valence electrons. The maximum absolute atomic E-state index is 12.2. The Hall–Kier alpha value is -3.60. The van der Waals surface area contributed by atoms with Gasteiger partial charge in [-0.3, -0.25) is 4.57 Å². The van der Waals surface area contributed by atoms with Crippen LogP contribution in [0.3, 0.4) is 0 Å². The van der Waals surface area contributed by atoms with Crippen molar-refractivity contribution in [2.45, 2.75) is 25.6 Å². The minimum atomic E-state index is -4.72. The molecule has 0 radical (unpaired) electrons. The van der Waals surface area contributed by atoms with Crippen molar-refractivity contribution in [3.63, 3.8) is 0 Å². The van der Waals surface area contributed by atoms with Crippen LogP contribution in [-0.4, -0.2) is 33.5 Å². The number of nitro groups is 1. The highest BCUT2D eigenvalue weighted by Gasteiger charge is 2.31. The summed E-state index contributed by atoms with van der Waals surface area (Å²) in [5.41, 5.74) is 2.47. The molecule has 0 amide bonds. The Labute approximate surface area is 173 Å². The summed E-state index contributed by atoms with van der Waals surface area (Å²) in [6, 6.07) is 13.2. The number of hydrogen-bond donors (Lipinski definition) is 0. The topological polar surface area (TPSA) is 88.7 Å². The number of aromatic nitrogens is 2. The Morgan fingerprint density at radius 3 is 2.39 bits per heavy atom. The fourth-order valence-corrected chi connectivity index (χ4v) is 3.12. The SMILES string of the molecule is O=[N+]([O-])c1cn2c(n1)OC[C@@H](OCc1ccc(-c3ccc(OC(F)(F)F)cc3)cc1)C2. The fraction of sp³-hybridized carbons (Fsp3) is 0.250. The molecule has 1 aliphatic rings. The molecule has 0 saturated heterocycles. The quantitative estimate of drug-likeness (QED) is 0.423. The van der Waals surface area contributed by atoms with Crippen molar-refractivity contribution in [2.24, 2.45) is 0 Å². The molecule has 0 saturated carbocycles. The molecular formula is C20H16F3N3O5. The van der Waals surface area contributed by atoms with Crippen molar-refractivity contribution in [3.8, 4) is 22.9 Å². The lowest BCUT2D eigenvalue weighted by molar-refractivity contribution is -0.389. The van der Waals surface area contributed by atoms with Crippen LogP contribution in [0, 0.1) is 10.1 Å². The summed E-state index contributed by atoms with van der Waals surface area (Å²) in [5, 5.41) is 10.8. The number of benzene rings is 2. The molecule has 1 aromatic heterocycles. The summed E-state index contributed by atoms with van der Waals surface area (Å²) < 4.78 is 53.4. The van der Waals surface area contributed by atoms with Crippen LogP contribution in [0.4, 0.5) is 19.0 Å². The maximum atomic E-state index is 12.2. The van der Waals surface area contributed by atoms with Gasteiger partial charge in [0.25, 0.3) is 0 Å². The number of rotatable bonds is 6. The van der Waals surface area contributed by atoms with Gasteiger partial charge in [-0.1, -0.05) is 36.4 Å². The van der Waals surface area contributed by atoms with Crippen LogP contribution >= 0.6 is 0 Å². The molecule has 0 unspecified atom stereocenters. The van der Waals surface area contributed by atoms with Gasteiger partial charge in [-0.05, 0) is 33.7 Å². The molecule has 11 heteroatoms. The molecule has 0 N–H and O–H groups in total. The third-order valence-corrected chi connectivity index (χ3v) is 4.57. The van der Waals surface area contributed by atoms with Crippen molar-refractivity contribution >= 4 is 5.82 Å². The van der Waals surface area contributed by atoms with E-state index in [1.54, 1.807) is 16.7 Å². The fourth-order valence-electron chi connectivity index (χ4n) is 3.12. The van der Waals surface area contributed by atoms with Gasteiger partial charge in [-0.15, -0.1) is 13.2 Å². The van der Waals surface area contributed by atoms with Gasteiger partial charge >= 0.3 is 18.2 Å². The molecule has 1 atom stereocenters. The summed E-state index contributed by atoms with van der Waals surface area (Å²) in [7, 11) is 0. The molecule has 0 spiro atoms. The van der Waals surface area contributed by atoms with E-state index in [2.05, 4.69) is 9.72 Å². The number of nitrogens with zero attached hydrogens (tertiary/aromatic N) is 3. The maximum Gasteiger partial charge on any atom is 0.573 e. The highest BCUT2D eigenvalue weighted by atomic mass is 19.4. The van der Waals surface area contributed by atoms with Gasteiger partial charge in [0, 0.05) is 4.98 Å². The molecule has 31 heavy (non-hydrogen) atoms. The summed E-state index contributed by atoms with van der Waals surface area (Å²) >= 11 is 0. The first-order valence-electron chi connectivity index (χ1n) is 9.18. The van der Waals surface area contributed by atoms with Crippen molar-refractivity contribution in [1.82, 2.24) is 9.55 Å². The van der Waals surface area contributed by atoms with Crippen molar-refractivity contribution in [2.75, 3.05) is 6.61 Å². The lowest BCUT2D eigenvalue weighted by atomic mass is 10.0. The smallest absolute Gasteiger partial charge is 0.443 e. The van der Waals surface area contributed by atoms with Crippen molar-refractivity contribution in [3.05, 3.63) is 70.4 Å². The van der Waals surface area contributed by atoms with E-state index in [1.165, 1.54) is 18.3 Å². The number of imidazole rings is 1. The second-order valence-electron chi connectivity index (χ2n) is 6.80. The first-order chi connectivity index (χ1) is 14.8. The van der Waals surface area contributed by atoms with Gasteiger partial charge in [0.05, 0.1) is 13.2 Å². The number of halogens is 3. The van der Waals surface area contributed by atoms with E-state index in [0.29, 0.717) is 13.2 Å². The zero-order valence-electron chi connectivity index (χ0n) is 15.9. The van der Waals surface area contributed by atoms with Gasteiger partial charge in [0.15, 0.2) is 0 Å². The first-order valence-corrected chi connectivity index (χ1v) is 9.18. The van der Waals surface area contributed by atoms with E-state index in [9.17, 15) is 23.3 Å². The molecule has 4 rings (SSSR count). The number of fused-ring (bicyclic) bond motifs is 1. The van der Waals surface area contributed by atoms with E-state index in [4.69, 9.17) is 9.47 Å². The normalized spacial score (nSPS) is 15.8. The molecule has 2 aromatic carbocycles. The number of alkyl halides is 3. The molecule has 8 nitrogen and oxygen atoms in total. The van der Waals surface area contributed by atoms with Gasteiger partial charge in [-0.25, -0.2) is 0 Å². The molecular weight excluding hydrogens is 419 g/mol. The predicted molar refractivity (Wildman–Crippen MR) is 102 cm³/mol. The van der Waals surface area contributed by atoms with Crippen molar-refractivity contribution < 1.29 is 32.3 Å². The largest absolute Gasteiger partial charge is 0.573 e. The van der Waals surface area contributed by atoms with Crippen molar-refractivity contribution in [1.29, 1.82) is 0 Å². The van der Waals surface area contributed by atoms with Crippen LogP contribution in [-0.2, 0) is 17.9 Å². The first kappa shape index (κ1) is 20.7. The Kier molecular flexibility index (Phi) is 5.51. The van der Waals surface area contributed by atoms with Gasteiger partial charge in [-0.2, -0.15) is 0 Å². The van der Waals surface area contributed by atoms with Crippen LogP contribution in [0.1, 0.15) is 5.56 Å². The zero-order valence-corrected chi connectivity index (χ0v) is 15.9. The standard InChI is InChI=1S/C20H16F3N3O5/c21-20(22,23)31-16-7-5-15(6-8-16)14-3-1-13(2-4-14)11-29-17-9-25-10-18(26(27)28)24-19(25)30-12-17/h1-8,10,17H,9,11-12H2/t17-/m0/s1. The number of hydrogen-bond acceptors (Lipinski definition) is 6. The Morgan fingerprint density at radius 1 is 1.13 bits per heavy atom. The van der Waals surface area contributed by atoms with E-state index in [1.807, 2.05) is 24.3 Å². The molecule has 1 aliphatic heterocycles. The van der Waals surface area contributed by atoms with Crippen LogP contribution in [0.15, 0.2) is 54.7 Å². The van der Waals surface area contributed by atoms with Crippen LogP contribution in [0.25, 0.3) is 11.1 Å². The summed E-state index contributed by atoms with van der Waals surface area (Å²) in [4.78, 5) is 14.0. The average Bonchev–Trinajstić information content (AvgIpc) is 3.16. The van der Waals surface area contributed by atoms with E-state index >= 15 is 0 Å². The van der Waals surface area contributed by atoms with Gasteiger partial charge in [0.1, 0.15) is 24.7 Å². The highest BCUT2D eigenvalue weighted by Crippen LogP contribution is 2.27. The van der Waals surface area contributed by atoms with E-state index in [-0.39, 0.29) is 30.3 Å². The van der Waals surface area contributed by atoms with Gasteiger partial charge < -0.3 is 24.3 Å². The molecule has 0 bridgehead atoms. The Morgan fingerprint density at radius 2 is 1.77 bits per heavy atom. The van der Waals surface area contributed by atoms with E-state index < -0.39 is 11.3 Å². The minimum absolute atomic E-state index is 0.197. The molecule has 0 fully saturated rings. The Bertz CT molecular complexity index is 1070. The lowest BCUT2D eigenvalue weighted by Gasteiger charge is -2.22.